The van der Waals surface area contributed by atoms with E-state index in [0.717, 1.165) is 5.56 Å². The van der Waals surface area contributed by atoms with Crippen molar-refractivity contribution in [2.24, 2.45) is 0 Å². The van der Waals surface area contributed by atoms with Gasteiger partial charge in [-0.2, -0.15) is 0 Å². The predicted molar refractivity (Wildman–Crippen MR) is 69.1 cm³/mol. The van der Waals surface area contributed by atoms with Gasteiger partial charge in [0.1, 0.15) is 12.2 Å². The molecule has 0 aromatic heterocycles. The molecule has 3 unspecified atom stereocenters. The highest BCUT2D eigenvalue weighted by Crippen LogP contribution is 2.48. The highest BCUT2D eigenvalue weighted by molar-refractivity contribution is 6.21. The third-order valence-electron chi connectivity index (χ3n) is 3.06. The van der Waals surface area contributed by atoms with Gasteiger partial charge in [0.15, 0.2) is 0 Å². The molecule has 0 saturated carbocycles. The molecule has 1 nitrogen and oxygen atoms in total. The summed E-state index contributed by atoms with van der Waals surface area (Å²) in [6.07, 6.45) is 0.250. The summed E-state index contributed by atoms with van der Waals surface area (Å²) >= 11 is 6.42. The van der Waals surface area contributed by atoms with Crippen LogP contribution in [0.3, 0.4) is 0 Å². The molecule has 3 rings (SSSR count). The van der Waals surface area contributed by atoms with Crippen molar-refractivity contribution in [1.29, 1.82) is 0 Å². The summed E-state index contributed by atoms with van der Waals surface area (Å²) in [6.45, 7) is 0. The Morgan fingerprint density at radius 1 is 0.882 bits per heavy atom. The number of ether oxygens (including phenoxy) is 1. The molecule has 3 atom stereocenters. The van der Waals surface area contributed by atoms with Gasteiger partial charge in [-0.15, -0.1) is 11.6 Å². The van der Waals surface area contributed by atoms with Crippen LogP contribution in [0, 0.1) is 0 Å². The lowest BCUT2D eigenvalue weighted by molar-refractivity contribution is 0.370. The molecule has 0 radical (unpaired) electrons. The largest absolute Gasteiger partial charge is 0.363 e. The van der Waals surface area contributed by atoms with Crippen molar-refractivity contribution in [3.05, 3.63) is 71.8 Å². The summed E-state index contributed by atoms with van der Waals surface area (Å²) in [5, 5.41) is -0.0681. The van der Waals surface area contributed by atoms with Crippen LogP contribution in [0.5, 0.6) is 0 Å². The molecule has 1 aliphatic rings. The van der Waals surface area contributed by atoms with Gasteiger partial charge in [-0.05, 0) is 11.1 Å². The van der Waals surface area contributed by atoms with Crippen LogP contribution < -0.4 is 0 Å². The van der Waals surface area contributed by atoms with Gasteiger partial charge >= 0.3 is 0 Å². The van der Waals surface area contributed by atoms with Crippen molar-refractivity contribution in [2.75, 3.05) is 0 Å². The summed E-state index contributed by atoms with van der Waals surface area (Å²) in [6, 6.07) is 20.3. The van der Waals surface area contributed by atoms with Crippen molar-refractivity contribution in [1.82, 2.24) is 0 Å². The van der Waals surface area contributed by atoms with Crippen LogP contribution in [-0.4, -0.2) is 6.10 Å². The van der Waals surface area contributed by atoms with E-state index in [4.69, 9.17) is 16.3 Å². The summed E-state index contributed by atoms with van der Waals surface area (Å²) in [5.74, 6) is 0. The Bertz CT molecular complexity index is 483. The maximum atomic E-state index is 6.42. The molecule has 2 heteroatoms. The van der Waals surface area contributed by atoms with Crippen molar-refractivity contribution in [2.45, 2.75) is 17.6 Å². The lowest BCUT2D eigenvalue weighted by atomic mass is 10.0. The fourth-order valence-corrected chi connectivity index (χ4v) is 2.42. The molecule has 2 aromatic carbocycles. The van der Waals surface area contributed by atoms with Gasteiger partial charge < -0.3 is 4.74 Å². The molecule has 1 heterocycles. The van der Waals surface area contributed by atoms with Crippen molar-refractivity contribution >= 4 is 11.6 Å². The maximum Gasteiger partial charge on any atom is 0.111 e. The van der Waals surface area contributed by atoms with E-state index < -0.39 is 0 Å². The summed E-state index contributed by atoms with van der Waals surface area (Å²) in [7, 11) is 0. The first-order chi connectivity index (χ1) is 8.36. The highest BCUT2D eigenvalue weighted by Gasteiger charge is 2.45. The van der Waals surface area contributed by atoms with Crippen LogP contribution in [0.4, 0.5) is 0 Å². The molecule has 17 heavy (non-hydrogen) atoms. The van der Waals surface area contributed by atoms with Gasteiger partial charge in [0.05, 0.1) is 5.38 Å². The predicted octanol–water partition coefficient (Wildman–Crippen LogP) is 4.11. The quantitative estimate of drug-likeness (QED) is 0.585. The molecule has 1 aliphatic heterocycles. The first-order valence-corrected chi connectivity index (χ1v) is 6.19. The molecule has 1 saturated heterocycles. The Morgan fingerprint density at radius 3 is 2.12 bits per heavy atom. The monoisotopic (exact) mass is 244 g/mol. The zero-order valence-corrected chi connectivity index (χ0v) is 10.0. The number of rotatable bonds is 3. The Labute approximate surface area is 106 Å². The average Bonchev–Trinajstić information content (AvgIpc) is 3.20. The molecule has 0 aliphatic carbocycles. The van der Waals surface area contributed by atoms with Crippen LogP contribution in [-0.2, 0) is 4.74 Å². The zero-order valence-electron chi connectivity index (χ0n) is 9.29. The normalized spacial score (nSPS) is 24.3. The van der Waals surface area contributed by atoms with E-state index in [9.17, 15) is 0 Å². The molecule has 0 amide bonds. The fourth-order valence-electron chi connectivity index (χ4n) is 2.08. The Hall–Kier alpha value is -1.31. The van der Waals surface area contributed by atoms with E-state index >= 15 is 0 Å². The molecule has 2 aromatic rings. The standard InChI is InChI=1S/C15H13ClO/c16-13(11-7-3-1-4-8-11)15-14(17-15)12-9-5-2-6-10-12/h1-10,13-15H. The second kappa shape index (κ2) is 4.52. The first kappa shape index (κ1) is 10.8. The van der Waals surface area contributed by atoms with Crippen LogP contribution in [0.2, 0.25) is 0 Å². The van der Waals surface area contributed by atoms with Gasteiger partial charge in [-0.25, -0.2) is 0 Å². The van der Waals surface area contributed by atoms with Gasteiger partial charge in [-0.1, -0.05) is 60.7 Å². The second-order valence-corrected chi connectivity index (χ2v) is 4.71. The highest BCUT2D eigenvalue weighted by atomic mass is 35.5. The second-order valence-electron chi connectivity index (χ2n) is 4.24. The number of hydrogen-bond donors (Lipinski definition) is 0. The number of halogens is 1. The minimum atomic E-state index is -0.0681. The van der Waals surface area contributed by atoms with Crippen LogP contribution in [0.25, 0.3) is 0 Å². The molecule has 0 N–H and O–H groups in total. The molecule has 1 fully saturated rings. The minimum absolute atomic E-state index is 0.0681. The molecule has 0 spiro atoms. The SMILES string of the molecule is ClC(c1ccccc1)C1OC1c1ccccc1. The van der Waals surface area contributed by atoms with Crippen LogP contribution >= 0.6 is 11.6 Å². The van der Waals surface area contributed by atoms with Crippen LogP contribution in [0.15, 0.2) is 60.7 Å². The minimum Gasteiger partial charge on any atom is -0.363 e. The van der Waals surface area contributed by atoms with Crippen molar-refractivity contribution in [3.63, 3.8) is 0 Å². The average molecular weight is 245 g/mol. The number of benzene rings is 2. The molecular formula is C15H13ClO. The van der Waals surface area contributed by atoms with E-state index in [-0.39, 0.29) is 17.6 Å². The van der Waals surface area contributed by atoms with E-state index in [0.29, 0.717) is 0 Å². The van der Waals surface area contributed by atoms with E-state index in [1.807, 2.05) is 48.5 Å². The summed E-state index contributed by atoms with van der Waals surface area (Å²) in [4.78, 5) is 0. The number of alkyl halides is 1. The van der Waals surface area contributed by atoms with E-state index in [2.05, 4.69) is 12.1 Å². The van der Waals surface area contributed by atoms with E-state index in [1.165, 1.54) is 5.56 Å². The lowest BCUT2D eigenvalue weighted by Gasteiger charge is -2.05. The smallest absolute Gasteiger partial charge is 0.111 e. The van der Waals surface area contributed by atoms with E-state index in [1.54, 1.807) is 0 Å². The third kappa shape index (κ3) is 2.21. The molecule has 0 bridgehead atoms. The molecule has 86 valence electrons. The fraction of sp³-hybridized carbons (Fsp3) is 0.200. The van der Waals surface area contributed by atoms with Gasteiger partial charge in [0.25, 0.3) is 0 Å². The van der Waals surface area contributed by atoms with Crippen molar-refractivity contribution in [3.8, 4) is 0 Å². The summed E-state index contributed by atoms with van der Waals surface area (Å²) in [5.41, 5.74) is 2.33. The zero-order chi connectivity index (χ0) is 11.7. The van der Waals surface area contributed by atoms with Gasteiger partial charge in [0.2, 0.25) is 0 Å². The lowest BCUT2D eigenvalue weighted by Crippen LogP contribution is -1.99. The Kier molecular flexibility index (Phi) is 2.87. The number of hydrogen-bond acceptors (Lipinski definition) is 1. The Balaban J connectivity index is 1.73. The number of epoxide rings is 1. The first-order valence-electron chi connectivity index (χ1n) is 5.76. The van der Waals surface area contributed by atoms with Crippen molar-refractivity contribution < 1.29 is 4.74 Å². The summed E-state index contributed by atoms with van der Waals surface area (Å²) < 4.78 is 5.69. The van der Waals surface area contributed by atoms with Crippen LogP contribution in [0.1, 0.15) is 22.6 Å². The molecular weight excluding hydrogens is 232 g/mol. The third-order valence-corrected chi connectivity index (χ3v) is 3.56. The van der Waals surface area contributed by atoms with Gasteiger partial charge in [0, 0.05) is 0 Å². The van der Waals surface area contributed by atoms with Gasteiger partial charge in [-0.3, -0.25) is 0 Å². The maximum absolute atomic E-state index is 6.42. The topological polar surface area (TPSA) is 12.5 Å². The Morgan fingerprint density at radius 2 is 1.47 bits per heavy atom.